The monoisotopic (exact) mass is 290 g/mol. The molecule has 21 heavy (non-hydrogen) atoms. The summed E-state index contributed by atoms with van der Waals surface area (Å²) in [7, 11) is 1.70. The van der Waals surface area contributed by atoms with Crippen molar-refractivity contribution in [3.8, 4) is 5.75 Å². The molecule has 1 N–H and O–H groups in total. The second-order valence-electron chi connectivity index (χ2n) is 5.00. The van der Waals surface area contributed by atoms with E-state index < -0.39 is 0 Å². The number of hydrogen-bond donors (Lipinski definition) is 1. The highest BCUT2D eigenvalue weighted by molar-refractivity contribution is 5.37. The lowest BCUT2D eigenvalue weighted by atomic mass is 10.1. The van der Waals surface area contributed by atoms with Crippen LogP contribution in [-0.4, -0.2) is 25.4 Å². The van der Waals surface area contributed by atoms with Gasteiger partial charge in [0.1, 0.15) is 12.4 Å². The van der Waals surface area contributed by atoms with Crippen LogP contribution in [0, 0.1) is 13.8 Å². The van der Waals surface area contributed by atoms with E-state index in [1.165, 1.54) is 5.56 Å². The molecular formula is C16H22N2O3. The van der Waals surface area contributed by atoms with Gasteiger partial charge in [-0.25, -0.2) is 0 Å². The number of nitrogens with zero attached hydrogens (tertiary/aromatic N) is 1. The molecule has 1 heterocycles. The van der Waals surface area contributed by atoms with Crippen LogP contribution in [0.5, 0.6) is 5.75 Å². The van der Waals surface area contributed by atoms with Crippen molar-refractivity contribution < 1.29 is 14.0 Å². The second kappa shape index (κ2) is 7.81. The first kappa shape index (κ1) is 15.5. The van der Waals surface area contributed by atoms with E-state index in [2.05, 4.69) is 23.5 Å². The first-order valence-electron chi connectivity index (χ1n) is 7.03. The van der Waals surface area contributed by atoms with Gasteiger partial charge in [-0.2, -0.15) is 0 Å². The molecule has 2 aromatic rings. The quantitative estimate of drug-likeness (QED) is 0.757. The Balaban J connectivity index is 1.97. The summed E-state index contributed by atoms with van der Waals surface area (Å²) in [6.07, 6.45) is 0. The summed E-state index contributed by atoms with van der Waals surface area (Å²) in [6, 6.07) is 8.04. The Bertz CT molecular complexity index is 566. The molecule has 0 saturated carbocycles. The summed E-state index contributed by atoms with van der Waals surface area (Å²) < 4.78 is 16.0. The molecule has 0 spiro atoms. The third-order valence-corrected chi connectivity index (χ3v) is 3.06. The van der Waals surface area contributed by atoms with Gasteiger partial charge in [-0.15, -0.1) is 0 Å². The van der Waals surface area contributed by atoms with Gasteiger partial charge in [-0.3, -0.25) is 0 Å². The number of aromatic nitrogens is 1. The fourth-order valence-corrected chi connectivity index (χ4v) is 2.02. The van der Waals surface area contributed by atoms with Crippen LogP contribution in [0.25, 0.3) is 0 Å². The molecule has 0 aliphatic rings. The van der Waals surface area contributed by atoms with E-state index in [4.69, 9.17) is 14.0 Å². The van der Waals surface area contributed by atoms with Gasteiger partial charge in [0.15, 0.2) is 5.76 Å². The normalized spacial score (nSPS) is 10.8. The summed E-state index contributed by atoms with van der Waals surface area (Å²) in [4.78, 5) is 0. The Hall–Kier alpha value is -1.85. The standard InChI is InChI=1S/C16H22N2O3/c1-12-4-5-16(14(8-12)10-17-6-7-19-3)20-11-15-9-13(2)18-21-15/h4-5,8-9,17H,6-7,10-11H2,1-3H3. The molecule has 0 fully saturated rings. The first-order valence-corrected chi connectivity index (χ1v) is 7.03. The lowest BCUT2D eigenvalue weighted by molar-refractivity contribution is 0.198. The largest absolute Gasteiger partial charge is 0.485 e. The SMILES string of the molecule is COCCNCc1cc(C)ccc1OCc1cc(C)no1. The maximum atomic E-state index is 5.84. The van der Waals surface area contributed by atoms with Crippen LogP contribution in [0.3, 0.4) is 0 Å². The average Bonchev–Trinajstić information content (AvgIpc) is 2.88. The highest BCUT2D eigenvalue weighted by Gasteiger charge is 2.07. The molecule has 1 aromatic heterocycles. The second-order valence-corrected chi connectivity index (χ2v) is 5.00. The smallest absolute Gasteiger partial charge is 0.174 e. The van der Waals surface area contributed by atoms with Gasteiger partial charge < -0.3 is 19.3 Å². The van der Waals surface area contributed by atoms with E-state index in [1.807, 2.05) is 25.1 Å². The Morgan fingerprint density at radius 3 is 2.81 bits per heavy atom. The van der Waals surface area contributed by atoms with E-state index in [-0.39, 0.29) is 0 Å². The van der Waals surface area contributed by atoms with Crippen LogP contribution in [0.4, 0.5) is 0 Å². The highest BCUT2D eigenvalue weighted by atomic mass is 16.5. The maximum Gasteiger partial charge on any atom is 0.174 e. The number of benzene rings is 1. The third kappa shape index (κ3) is 4.88. The molecule has 114 valence electrons. The average molecular weight is 290 g/mol. The van der Waals surface area contributed by atoms with Crippen LogP contribution in [0.2, 0.25) is 0 Å². The molecule has 0 saturated heterocycles. The molecular weight excluding hydrogens is 268 g/mol. The first-order chi connectivity index (χ1) is 10.2. The summed E-state index contributed by atoms with van der Waals surface area (Å²) >= 11 is 0. The number of nitrogens with one attached hydrogen (secondary N) is 1. The molecule has 0 amide bonds. The molecule has 0 atom stereocenters. The number of hydrogen-bond acceptors (Lipinski definition) is 5. The lowest BCUT2D eigenvalue weighted by Crippen LogP contribution is -2.19. The van der Waals surface area contributed by atoms with Gasteiger partial charge in [0.25, 0.3) is 0 Å². The topological polar surface area (TPSA) is 56.5 Å². The van der Waals surface area contributed by atoms with Gasteiger partial charge in [-0.05, 0) is 19.9 Å². The van der Waals surface area contributed by atoms with Crippen molar-refractivity contribution in [2.24, 2.45) is 0 Å². The predicted octanol–water partition coefficient (Wildman–Crippen LogP) is 2.61. The van der Waals surface area contributed by atoms with Crippen molar-refractivity contribution in [2.45, 2.75) is 27.0 Å². The zero-order valence-electron chi connectivity index (χ0n) is 12.8. The van der Waals surface area contributed by atoms with Gasteiger partial charge >= 0.3 is 0 Å². The van der Waals surface area contributed by atoms with E-state index >= 15 is 0 Å². The Morgan fingerprint density at radius 1 is 1.24 bits per heavy atom. The zero-order chi connectivity index (χ0) is 15.1. The summed E-state index contributed by atoms with van der Waals surface area (Å²) in [5.74, 6) is 1.59. The van der Waals surface area contributed by atoms with Crippen LogP contribution in [0.1, 0.15) is 22.6 Å². The molecule has 0 aliphatic heterocycles. The molecule has 5 nitrogen and oxygen atoms in total. The van der Waals surface area contributed by atoms with Crippen molar-refractivity contribution >= 4 is 0 Å². The number of aryl methyl sites for hydroxylation is 2. The highest BCUT2D eigenvalue weighted by Crippen LogP contribution is 2.21. The number of methoxy groups -OCH3 is 1. The van der Waals surface area contributed by atoms with Crippen LogP contribution < -0.4 is 10.1 Å². The molecule has 0 radical (unpaired) electrons. The summed E-state index contributed by atoms with van der Waals surface area (Å²) in [5.41, 5.74) is 3.20. The molecule has 0 aliphatic carbocycles. The Morgan fingerprint density at radius 2 is 2.10 bits per heavy atom. The number of rotatable bonds is 8. The fraction of sp³-hybridized carbons (Fsp3) is 0.438. The van der Waals surface area contributed by atoms with E-state index in [0.29, 0.717) is 13.2 Å². The molecule has 5 heteroatoms. The van der Waals surface area contributed by atoms with Gasteiger partial charge in [-0.1, -0.05) is 22.9 Å². The van der Waals surface area contributed by atoms with Gasteiger partial charge in [0.05, 0.1) is 12.3 Å². The van der Waals surface area contributed by atoms with Crippen LogP contribution in [-0.2, 0) is 17.9 Å². The summed E-state index contributed by atoms with van der Waals surface area (Å²) in [6.45, 7) is 6.60. The minimum absolute atomic E-state index is 0.384. The Kier molecular flexibility index (Phi) is 5.78. The molecule has 0 bridgehead atoms. The van der Waals surface area contributed by atoms with E-state index in [1.54, 1.807) is 7.11 Å². The minimum atomic E-state index is 0.384. The zero-order valence-corrected chi connectivity index (χ0v) is 12.8. The van der Waals surface area contributed by atoms with Crippen molar-refractivity contribution in [2.75, 3.05) is 20.3 Å². The lowest BCUT2D eigenvalue weighted by Gasteiger charge is -2.12. The molecule has 1 aromatic carbocycles. The molecule has 0 unspecified atom stereocenters. The van der Waals surface area contributed by atoms with Crippen LogP contribution in [0.15, 0.2) is 28.8 Å². The van der Waals surface area contributed by atoms with Crippen molar-refractivity contribution in [1.82, 2.24) is 10.5 Å². The van der Waals surface area contributed by atoms with E-state index in [9.17, 15) is 0 Å². The summed E-state index contributed by atoms with van der Waals surface area (Å²) in [5, 5.41) is 7.19. The van der Waals surface area contributed by atoms with Crippen molar-refractivity contribution in [3.63, 3.8) is 0 Å². The minimum Gasteiger partial charge on any atom is -0.485 e. The maximum absolute atomic E-state index is 5.84. The predicted molar refractivity (Wildman–Crippen MR) is 80.3 cm³/mol. The van der Waals surface area contributed by atoms with Crippen molar-refractivity contribution in [1.29, 1.82) is 0 Å². The fourth-order valence-electron chi connectivity index (χ4n) is 2.02. The van der Waals surface area contributed by atoms with E-state index in [0.717, 1.165) is 35.9 Å². The Labute approximate surface area is 125 Å². The van der Waals surface area contributed by atoms with Crippen LogP contribution >= 0.6 is 0 Å². The third-order valence-electron chi connectivity index (χ3n) is 3.06. The van der Waals surface area contributed by atoms with Crippen molar-refractivity contribution in [3.05, 3.63) is 46.8 Å². The number of ether oxygens (including phenoxy) is 2. The van der Waals surface area contributed by atoms with Gasteiger partial charge in [0, 0.05) is 31.8 Å². The molecule has 2 rings (SSSR count). The van der Waals surface area contributed by atoms with Gasteiger partial charge in [0.2, 0.25) is 0 Å².